The van der Waals surface area contributed by atoms with E-state index in [9.17, 15) is 27.6 Å². The summed E-state index contributed by atoms with van der Waals surface area (Å²) in [5.74, 6) is -1.69. The number of alkyl halides is 3. The van der Waals surface area contributed by atoms with Gasteiger partial charge in [0.15, 0.2) is 6.10 Å². The number of esters is 1. The molecule has 0 spiro atoms. The molecule has 0 bridgehead atoms. The van der Waals surface area contributed by atoms with E-state index in [1.807, 2.05) is 0 Å². The van der Waals surface area contributed by atoms with E-state index in [-0.39, 0.29) is 53.2 Å². The van der Waals surface area contributed by atoms with Crippen LogP contribution in [0.2, 0.25) is 0 Å². The number of halogens is 3. The Morgan fingerprint density at radius 2 is 1.79 bits per heavy atom. The summed E-state index contributed by atoms with van der Waals surface area (Å²) < 4.78 is 49.2. The van der Waals surface area contributed by atoms with Gasteiger partial charge in [-0.1, -0.05) is 23.4 Å². The summed E-state index contributed by atoms with van der Waals surface area (Å²) in [6.07, 6.45) is -5.32. The van der Waals surface area contributed by atoms with Gasteiger partial charge in [-0.3, -0.25) is 14.5 Å². The van der Waals surface area contributed by atoms with Crippen molar-refractivity contribution < 1.29 is 36.8 Å². The molecule has 1 fully saturated rings. The van der Waals surface area contributed by atoms with Crippen LogP contribution >= 0.6 is 0 Å². The average Bonchev–Trinajstić information content (AvgIpc) is 3.40. The Morgan fingerprint density at radius 3 is 2.48 bits per heavy atom. The number of nitrogens with zero attached hydrogens (tertiary/aromatic N) is 3. The number of rotatable bonds is 5. The first-order valence-electron chi connectivity index (χ1n) is 9.81. The second-order valence-corrected chi connectivity index (χ2v) is 7.26. The van der Waals surface area contributed by atoms with Crippen molar-refractivity contribution in [3.05, 3.63) is 65.5 Å². The monoisotopic (exact) mass is 459 g/mol. The molecule has 0 radical (unpaired) electrons. The molecule has 0 aliphatic carbocycles. The summed E-state index contributed by atoms with van der Waals surface area (Å²) in [6, 6.07) is 10.3. The molecule has 4 rings (SSSR count). The molecule has 1 aromatic heterocycles. The molecule has 170 valence electrons. The molecular formula is C22H16F3N3O5. The summed E-state index contributed by atoms with van der Waals surface area (Å²) in [5.41, 5.74) is -0.426. The van der Waals surface area contributed by atoms with E-state index in [1.54, 1.807) is 0 Å². The summed E-state index contributed by atoms with van der Waals surface area (Å²) >= 11 is 0. The Labute approximate surface area is 184 Å². The SMILES string of the molecule is CC(OC(=O)c1cccc(N2C(=O)CCC2=O)c1)c1nc(-c2cccc(C(F)(F)F)c2)no1. The standard InChI is InChI=1S/C22H16F3N3O5/c1-12(20-26-19(27-33-20)13-4-2-6-15(10-13)22(23,24)25)32-21(31)14-5-3-7-16(11-14)28-17(29)8-9-18(28)30/h2-7,10-12H,8-9H2,1H3. The molecule has 11 heteroatoms. The number of imide groups is 1. The van der Waals surface area contributed by atoms with Gasteiger partial charge >= 0.3 is 12.1 Å². The fourth-order valence-electron chi connectivity index (χ4n) is 3.27. The number of amides is 2. The van der Waals surface area contributed by atoms with Gasteiger partial charge in [-0.25, -0.2) is 4.79 Å². The molecular weight excluding hydrogens is 443 g/mol. The molecule has 0 N–H and O–H groups in total. The van der Waals surface area contributed by atoms with Crippen LogP contribution in [0, 0.1) is 0 Å². The fourth-order valence-corrected chi connectivity index (χ4v) is 3.27. The molecule has 0 saturated carbocycles. The lowest BCUT2D eigenvalue weighted by atomic mass is 10.1. The molecule has 33 heavy (non-hydrogen) atoms. The first-order valence-corrected chi connectivity index (χ1v) is 9.81. The summed E-state index contributed by atoms with van der Waals surface area (Å²) in [5, 5.41) is 3.67. The molecule has 2 aromatic carbocycles. The maximum Gasteiger partial charge on any atom is 0.416 e. The van der Waals surface area contributed by atoms with Gasteiger partial charge in [0.1, 0.15) is 0 Å². The van der Waals surface area contributed by atoms with Gasteiger partial charge < -0.3 is 9.26 Å². The van der Waals surface area contributed by atoms with Crippen LogP contribution in [0.25, 0.3) is 11.4 Å². The van der Waals surface area contributed by atoms with Crippen molar-refractivity contribution in [2.24, 2.45) is 0 Å². The van der Waals surface area contributed by atoms with E-state index in [4.69, 9.17) is 9.26 Å². The average molecular weight is 459 g/mol. The molecule has 2 heterocycles. The second-order valence-electron chi connectivity index (χ2n) is 7.26. The lowest BCUT2D eigenvalue weighted by Gasteiger charge is -2.15. The number of hydrogen-bond donors (Lipinski definition) is 0. The van der Waals surface area contributed by atoms with E-state index in [1.165, 1.54) is 43.3 Å². The van der Waals surface area contributed by atoms with Gasteiger partial charge in [0.05, 0.1) is 16.8 Å². The van der Waals surface area contributed by atoms with Crippen molar-refractivity contribution in [1.29, 1.82) is 0 Å². The Hall–Kier alpha value is -4.02. The number of aromatic nitrogens is 2. The number of hydrogen-bond acceptors (Lipinski definition) is 7. The van der Waals surface area contributed by atoms with Gasteiger partial charge in [-0.05, 0) is 37.3 Å². The second kappa shape index (κ2) is 8.49. The van der Waals surface area contributed by atoms with Gasteiger partial charge in [0.25, 0.3) is 5.89 Å². The molecule has 8 nitrogen and oxygen atoms in total. The van der Waals surface area contributed by atoms with Gasteiger partial charge in [-0.15, -0.1) is 0 Å². The van der Waals surface area contributed by atoms with Gasteiger partial charge in [0.2, 0.25) is 17.6 Å². The molecule has 2 amide bonds. The van der Waals surface area contributed by atoms with Crippen LogP contribution in [0.4, 0.5) is 18.9 Å². The number of anilines is 1. The Balaban J connectivity index is 1.49. The lowest BCUT2D eigenvalue weighted by molar-refractivity contribution is -0.137. The summed E-state index contributed by atoms with van der Waals surface area (Å²) in [4.78, 5) is 41.5. The molecule has 1 aliphatic heterocycles. The van der Waals surface area contributed by atoms with Crippen LogP contribution in [0.15, 0.2) is 53.1 Å². The van der Waals surface area contributed by atoms with E-state index in [2.05, 4.69) is 10.1 Å². The number of ether oxygens (including phenoxy) is 1. The maximum atomic E-state index is 12.9. The summed E-state index contributed by atoms with van der Waals surface area (Å²) in [6.45, 7) is 1.46. The van der Waals surface area contributed by atoms with E-state index in [0.29, 0.717) is 0 Å². The van der Waals surface area contributed by atoms with E-state index < -0.39 is 23.8 Å². The van der Waals surface area contributed by atoms with Crippen LogP contribution in [0.5, 0.6) is 0 Å². The highest BCUT2D eigenvalue weighted by Crippen LogP contribution is 2.32. The first-order chi connectivity index (χ1) is 15.6. The van der Waals surface area contributed by atoms with Crippen molar-refractivity contribution in [3.8, 4) is 11.4 Å². The minimum absolute atomic E-state index is 0.0875. The largest absolute Gasteiger partial charge is 0.449 e. The smallest absolute Gasteiger partial charge is 0.416 e. The first kappa shape index (κ1) is 22.2. The van der Waals surface area contributed by atoms with Crippen molar-refractivity contribution >= 4 is 23.5 Å². The predicted octanol–water partition coefficient (Wildman–Crippen LogP) is 4.33. The van der Waals surface area contributed by atoms with Crippen LogP contribution in [0.1, 0.15) is 47.7 Å². The third-order valence-corrected chi connectivity index (χ3v) is 4.91. The number of benzene rings is 2. The minimum Gasteiger partial charge on any atom is -0.449 e. The molecule has 1 atom stereocenters. The molecule has 1 unspecified atom stereocenters. The van der Waals surface area contributed by atoms with Gasteiger partial charge in [-0.2, -0.15) is 18.2 Å². The maximum absolute atomic E-state index is 12.9. The normalized spacial score (nSPS) is 15.1. The highest BCUT2D eigenvalue weighted by atomic mass is 19.4. The zero-order valence-corrected chi connectivity index (χ0v) is 17.1. The van der Waals surface area contributed by atoms with Crippen molar-refractivity contribution in [3.63, 3.8) is 0 Å². The van der Waals surface area contributed by atoms with Crippen molar-refractivity contribution in [1.82, 2.24) is 10.1 Å². The Bertz CT molecular complexity index is 1220. The molecule has 1 saturated heterocycles. The van der Waals surface area contributed by atoms with Crippen LogP contribution in [-0.4, -0.2) is 27.9 Å². The Morgan fingerprint density at radius 1 is 1.09 bits per heavy atom. The highest BCUT2D eigenvalue weighted by molar-refractivity contribution is 6.20. The summed E-state index contributed by atoms with van der Waals surface area (Å²) in [7, 11) is 0. The Kier molecular flexibility index (Phi) is 5.71. The third kappa shape index (κ3) is 4.61. The van der Waals surface area contributed by atoms with Crippen LogP contribution < -0.4 is 4.90 Å². The quantitative estimate of drug-likeness (QED) is 0.413. The van der Waals surface area contributed by atoms with Crippen LogP contribution in [-0.2, 0) is 20.5 Å². The predicted molar refractivity (Wildman–Crippen MR) is 107 cm³/mol. The zero-order chi connectivity index (χ0) is 23.8. The third-order valence-electron chi connectivity index (χ3n) is 4.91. The van der Waals surface area contributed by atoms with Gasteiger partial charge in [0, 0.05) is 18.4 Å². The lowest BCUT2D eigenvalue weighted by Crippen LogP contribution is -2.28. The number of carbonyl (C=O) groups is 3. The minimum atomic E-state index is -4.52. The van der Waals surface area contributed by atoms with Crippen LogP contribution in [0.3, 0.4) is 0 Å². The zero-order valence-electron chi connectivity index (χ0n) is 17.1. The topological polar surface area (TPSA) is 103 Å². The molecule has 1 aliphatic rings. The molecule has 3 aromatic rings. The van der Waals surface area contributed by atoms with E-state index >= 15 is 0 Å². The highest BCUT2D eigenvalue weighted by Gasteiger charge is 2.32. The number of carbonyl (C=O) groups excluding carboxylic acids is 3. The van der Waals surface area contributed by atoms with E-state index in [0.717, 1.165) is 17.0 Å². The van der Waals surface area contributed by atoms with Crippen molar-refractivity contribution in [2.45, 2.75) is 32.0 Å². The fraction of sp³-hybridized carbons (Fsp3) is 0.227. The van der Waals surface area contributed by atoms with Crippen molar-refractivity contribution in [2.75, 3.05) is 4.90 Å².